The Morgan fingerprint density at radius 2 is 2.09 bits per heavy atom. The van der Waals surface area contributed by atoms with Crippen LogP contribution in [0.25, 0.3) is 11.1 Å². The van der Waals surface area contributed by atoms with E-state index in [1.165, 1.54) is 0 Å². The number of likely N-dealkylation sites (N-methyl/N-ethyl adjacent to an activating group) is 1. The minimum absolute atomic E-state index is 0.125. The maximum Gasteiger partial charge on any atom is 0.361 e. The highest BCUT2D eigenvalue weighted by atomic mass is 16.5. The van der Waals surface area contributed by atoms with Crippen molar-refractivity contribution in [3.63, 3.8) is 0 Å². The Kier molecular flexibility index (Phi) is 4.02. The van der Waals surface area contributed by atoms with Gasteiger partial charge in [-0.1, -0.05) is 12.1 Å². The van der Waals surface area contributed by atoms with Crippen molar-refractivity contribution in [1.29, 1.82) is 0 Å². The summed E-state index contributed by atoms with van der Waals surface area (Å²) in [6.45, 7) is 6.09. The molecule has 0 aliphatic carbocycles. The van der Waals surface area contributed by atoms with Crippen LogP contribution in [0.4, 0.5) is 6.01 Å². The summed E-state index contributed by atoms with van der Waals surface area (Å²) < 4.78 is 11.6. The first-order chi connectivity index (χ1) is 10.6. The van der Waals surface area contributed by atoms with Gasteiger partial charge in [-0.3, -0.25) is 0 Å². The van der Waals surface area contributed by atoms with Crippen LogP contribution in [0, 0.1) is 0 Å². The number of aromatic nitrogens is 1. The van der Waals surface area contributed by atoms with Crippen LogP contribution < -0.4 is 4.90 Å². The standard InChI is InChI=1S/C16H22N3O3/c1-3-21-15(20)12-19(2)10-8-18(9-11-19)16-17-13-6-4-5-7-14(13)22-16/h4-7H,3,8-12H2,1-2H3/q+1. The largest absolute Gasteiger partial charge is 0.462 e. The van der Waals surface area contributed by atoms with Crippen LogP contribution >= 0.6 is 0 Å². The molecule has 0 amide bonds. The highest BCUT2D eigenvalue weighted by Crippen LogP contribution is 2.23. The second-order valence-electron chi connectivity index (χ2n) is 5.98. The Morgan fingerprint density at radius 3 is 2.77 bits per heavy atom. The van der Waals surface area contributed by atoms with Gasteiger partial charge in [-0.05, 0) is 19.1 Å². The summed E-state index contributed by atoms with van der Waals surface area (Å²) in [6.07, 6.45) is 0. The molecule has 0 bridgehead atoms. The number of piperazine rings is 1. The Labute approximate surface area is 129 Å². The summed E-state index contributed by atoms with van der Waals surface area (Å²) in [5.74, 6) is -0.125. The van der Waals surface area contributed by atoms with Crippen LogP contribution in [0.15, 0.2) is 28.7 Å². The molecule has 22 heavy (non-hydrogen) atoms. The zero-order valence-corrected chi connectivity index (χ0v) is 13.1. The third-order valence-corrected chi connectivity index (χ3v) is 4.19. The van der Waals surface area contributed by atoms with Crippen molar-refractivity contribution in [2.75, 3.05) is 51.3 Å². The van der Waals surface area contributed by atoms with Crippen LogP contribution in [0.5, 0.6) is 0 Å². The molecule has 0 spiro atoms. The van der Waals surface area contributed by atoms with Gasteiger partial charge in [0.15, 0.2) is 12.1 Å². The molecule has 2 aromatic rings. The van der Waals surface area contributed by atoms with Crippen molar-refractivity contribution >= 4 is 23.1 Å². The van der Waals surface area contributed by atoms with Crippen LogP contribution in [0.2, 0.25) is 0 Å². The molecular formula is C16H22N3O3+. The highest BCUT2D eigenvalue weighted by Gasteiger charge is 2.33. The van der Waals surface area contributed by atoms with E-state index in [1.807, 2.05) is 31.2 Å². The zero-order valence-electron chi connectivity index (χ0n) is 13.1. The number of carbonyl (C=O) groups is 1. The van der Waals surface area contributed by atoms with Crippen LogP contribution in [-0.4, -0.2) is 61.8 Å². The summed E-state index contributed by atoms with van der Waals surface area (Å²) in [6, 6.07) is 8.45. The van der Waals surface area contributed by atoms with E-state index < -0.39 is 0 Å². The molecule has 3 rings (SSSR count). The van der Waals surface area contributed by atoms with Gasteiger partial charge in [0.05, 0.1) is 39.8 Å². The third kappa shape index (κ3) is 3.06. The Hall–Kier alpha value is -2.08. The number of anilines is 1. The minimum Gasteiger partial charge on any atom is -0.462 e. The summed E-state index contributed by atoms with van der Waals surface area (Å²) in [5, 5.41) is 0. The van der Waals surface area contributed by atoms with Gasteiger partial charge in [0.2, 0.25) is 0 Å². The molecule has 0 unspecified atom stereocenters. The quantitative estimate of drug-likeness (QED) is 0.635. The van der Waals surface area contributed by atoms with Gasteiger partial charge < -0.3 is 18.5 Å². The molecule has 2 heterocycles. The topological polar surface area (TPSA) is 55.6 Å². The van der Waals surface area contributed by atoms with Gasteiger partial charge in [0.1, 0.15) is 5.52 Å². The number of ether oxygens (including phenoxy) is 1. The van der Waals surface area contributed by atoms with Crippen LogP contribution in [0.3, 0.4) is 0 Å². The fraction of sp³-hybridized carbons (Fsp3) is 0.500. The number of quaternary nitrogens is 1. The number of para-hydroxylation sites is 2. The summed E-state index contributed by atoms with van der Waals surface area (Å²) in [5.41, 5.74) is 1.69. The normalized spacial score (nSPS) is 17.6. The molecule has 0 atom stereocenters. The number of fused-ring (bicyclic) bond motifs is 1. The maximum absolute atomic E-state index is 11.7. The minimum atomic E-state index is -0.125. The number of nitrogens with zero attached hydrogens (tertiary/aromatic N) is 3. The lowest BCUT2D eigenvalue weighted by Crippen LogP contribution is -2.59. The number of hydrogen-bond acceptors (Lipinski definition) is 5. The van der Waals surface area contributed by atoms with Gasteiger partial charge in [0, 0.05) is 0 Å². The van der Waals surface area contributed by atoms with Crippen molar-refractivity contribution < 1.29 is 18.4 Å². The number of benzene rings is 1. The number of rotatable bonds is 4. The van der Waals surface area contributed by atoms with E-state index in [0.29, 0.717) is 23.6 Å². The lowest BCUT2D eigenvalue weighted by molar-refractivity contribution is -0.903. The highest BCUT2D eigenvalue weighted by molar-refractivity contribution is 5.74. The smallest absolute Gasteiger partial charge is 0.361 e. The second kappa shape index (κ2) is 5.96. The van der Waals surface area contributed by atoms with E-state index >= 15 is 0 Å². The van der Waals surface area contributed by atoms with Crippen LogP contribution in [-0.2, 0) is 9.53 Å². The van der Waals surface area contributed by atoms with E-state index in [9.17, 15) is 4.79 Å². The molecular weight excluding hydrogens is 282 g/mol. The summed E-state index contributed by atoms with van der Waals surface area (Å²) >= 11 is 0. The number of esters is 1. The summed E-state index contributed by atoms with van der Waals surface area (Å²) in [7, 11) is 2.10. The van der Waals surface area contributed by atoms with Crippen molar-refractivity contribution in [3.05, 3.63) is 24.3 Å². The molecule has 1 saturated heterocycles. The van der Waals surface area contributed by atoms with Crippen molar-refractivity contribution in [3.8, 4) is 0 Å². The second-order valence-corrected chi connectivity index (χ2v) is 5.98. The van der Waals surface area contributed by atoms with E-state index in [2.05, 4.69) is 16.9 Å². The van der Waals surface area contributed by atoms with E-state index in [-0.39, 0.29) is 5.97 Å². The first-order valence-electron chi connectivity index (χ1n) is 7.69. The Morgan fingerprint density at radius 1 is 1.36 bits per heavy atom. The van der Waals surface area contributed by atoms with Crippen molar-refractivity contribution in [2.24, 2.45) is 0 Å². The molecule has 0 N–H and O–H groups in total. The predicted octanol–water partition coefficient (Wildman–Crippen LogP) is 1.66. The van der Waals surface area contributed by atoms with Gasteiger partial charge in [-0.15, -0.1) is 0 Å². The van der Waals surface area contributed by atoms with Crippen molar-refractivity contribution in [1.82, 2.24) is 4.98 Å². The van der Waals surface area contributed by atoms with Gasteiger partial charge in [0.25, 0.3) is 6.01 Å². The van der Waals surface area contributed by atoms with Crippen molar-refractivity contribution in [2.45, 2.75) is 6.92 Å². The van der Waals surface area contributed by atoms with Gasteiger partial charge in [-0.25, -0.2) is 4.79 Å². The van der Waals surface area contributed by atoms with Gasteiger partial charge in [-0.2, -0.15) is 4.98 Å². The fourth-order valence-corrected chi connectivity index (χ4v) is 2.81. The lowest BCUT2D eigenvalue weighted by atomic mass is 10.2. The number of hydrogen-bond donors (Lipinski definition) is 0. The molecule has 118 valence electrons. The molecule has 1 aliphatic rings. The third-order valence-electron chi connectivity index (χ3n) is 4.19. The molecule has 1 aromatic heterocycles. The van der Waals surface area contributed by atoms with E-state index in [1.54, 1.807) is 0 Å². The summed E-state index contributed by atoms with van der Waals surface area (Å²) in [4.78, 5) is 18.4. The van der Waals surface area contributed by atoms with E-state index in [4.69, 9.17) is 9.15 Å². The predicted molar refractivity (Wildman–Crippen MR) is 83.6 cm³/mol. The SMILES string of the molecule is CCOC(=O)C[N+]1(C)CCN(c2nc3ccccc3o2)CC1. The molecule has 1 fully saturated rings. The lowest BCUT2D eigenvalue weighted by Gasteiger charge is -2.40. The number of oxazole rings is 1. The van der Waals surface area contributed by atoms with Crippen LogP contribution in [0.1, 0.15) is 6.92 Å². The molecule has 1 aromatic carbocycles. The Balaban J connectivity index is 1.64. The number of carbonyl (C=O) groups excluding carboxylic acids is 1. The zero-order chi connectivity index (χ0) is 15.6. The fourth-order valence-electron chi connectivity index (χ4n) is 2.81. The molecule has 0 radical (unpaired) electrons. The molecule has 1 aliphatic heterocycles. The first kappa shape index (κ1) is 14.8. The average molecular weight is 304 g/mol. The van der Waals surface area contributed by atoms with Gasteiger partial charge >= 0.3 is 5.97 Å². The Bertz CT molecular complexity index is 626. The maximum atomic E-state index is 11.7. The molecule has 0 saturated carbocycles. The first-order valence-corrected chi connectivity index (χ1v) is 7.69. The van der Waals surface area contributed by atoms with E-state index in [0.717, 1.165) is 37.3 Å². The average Bonchev–Trinajstić information content (AvgIpc) is 2.91. The molecule has 6 heteroatoms. The molecule has 6 nitrogen and oxygen atoms in total. The monoisotopic (exact) mass is 304 g/mol.